The molecule has 0 fully saturated rings. The molecule has 0 aromatic carbocycles. The van der Waals surface area contributed by atoms with Gasteiger partial charge in [-0.15, -0.1) is 0 Å². The summed E-state index contributed by atoms with van der Waals surface area (Å²) in [6.07, 6.45) is 0. The monoisotopic (exact) mass is 244 g/mol. The fraction of sp³-hybridized carbons (Fsp3) is 0.667. The second-order valence-corrected chi connectivity index (χ2v) is 7.30. The molecule has 0 aliphatic heterocycles. The van der Waals surface area contributed by atoms with Crippen LogP contribution in [0.1, 0.15) is 56.1 Å². The first-order valence-corrected chi connectivity index (χ1v) is 6.77. The standard InChI is InChI=1S/C12H20Se/c1-8(2)10-7-13-9(3)11(10)12(4,5)6/h7-8H,1-6H3. The van der Waals surface area contributed by atoms with Gasteiger partial charge in [0.1, 0.15) is 0 Å². The second-order valence-electron chi connectivity index (χ2n) is 5.03. The van der Waals surface area contributed by atoms with Crippen LogP contribution in [-0.2, 0) is 5.41 Å². The van der Waals surface area contributed by atoms with Crippen molar-refractivity contribution in [2.75, 3.05) is 0 Å². The summed E-state index contributed by atoms with van der Waals surface area (Å²) in [5.74, 6) is 0.688. The molecular weight excluding hydrogens is 223 g/mol. The summed E-state index contributed by atoms with van der Waals surface area (Å²) in [6, 6.07) is 0. The third kappa shape index (κ3) is 2.27. The average Bonchev–Trinajstić information content (AvgIpc) is 2.28. The molecule has 0 radical (unpaired) electrons. The van der Waals surface area contributed by atoms with Gasteiger partial charge in [0.25, 0.3) is 0 Å². The Balaban J connectivity index is 3.25. The van der Waals surface area contributed by atoms with Crippen LogP contribution in [-0.4, -0.2) is 14.5 Å². The van der Waals surface area contributed by atoms with Crippen molar-refractivity contribution in [3.63, 3.8) is 0 Å². The van der Waals surface area contributed by atoms with E-state index >= 15 is 0 Å². The van der Waals surface area contributed by atoms with E-state index in [0.29, 0.717) is 25.8 Å². The molecule has 1 heteroatoms. The van der Waals surface area contributed by atoms with Crippen LogP contribution in [0.3, 0.4) is 0 Å². The summed E-state index contributed by atoms with van der Waals surface area (Å²) >= 11 is 0.627. The van der Waals surface area contributed by atoms with Crippen molar-refractivity contribution in [2.45, 2.75) is 52.9 Å². The minimum atomic E-state index is 0.332. The van der Waals surface area contributed by atoms with Gasteiger partial charge in [-0.2, -0.15) is 0 Å². The SMILES string of the molecule is Cc1[se]cc(C(C)C)c1C(C)(C)C. The summed E-state index contributed by atoms with van der Waals surface area (Å²) in [7, 11) is 0. The molecule has 0 saturated heterocycles. The Morgan fingerprint density at radius 2 is 1.77 bits per heavy atom. The molecule has 74 valence electrons. The van der Waals surface area contributed by atoms with Crippen molar-refractivity contribution in [2.24, 2.45) is 0 Å². The molecule has 0 amide bonds. The van der Waals surface area contributed by atoms with Crippen molar-refractivity contribution in [1.82, 2.24) is 0 Å². The molecular formula is C12H20Se. The molecule has 0 atom stereocenters. The van der Waals surface area contributed by atoms with Crippen LogP contribution in [0.25, 0.3) is 0 Å². The number of hydrogen-bond donors (Lipinski definition) is 0. The Morgan fingerprint density at radius 3 is 2.08 bits per heavy atom. The van der Waals surface area contributed by atoms with E-state index in [2.05, 4.69) is 46.5 Å². The summed E-state index contributed by atoms with van der Waals surface area (Å²) in [5.41, 5.74) is 3.56. The first-order chi connectivity index (χ1) is 5.84. The van der Waals surface area contributed by atoms with Crippen molar-refractivity contribution in [3.8, 4) is 0 Å². The van der Waals surface area contributed by atoms with Gasteiger partial charge < -0.3 is 0 Å². The molecule has 0 N–H and O–H groups in total. The molecule has 0 spiro atoms. The molecule has 1 rings (SSSR count). The Morgan fingerprint density at radius 1 is 1.23 bits per heavy atom. The maximum atomic E-state index is 2.47. The molecule has 0 bridgehead atoms. The minimum absolute atomic E-state index is 0.332. The first kappa shape index (κ1) is 11.1. The quantitative estimate of drug-likeness (QED) is 0.662. The van der Waals surface area contributed by atoms with Gasteiger partial charge in [-0.05, 0) is 0 Å². The summed E-state index contributed by atoms with van der Waals surface area (Å²) in [6.45, 7) is 13.9. The maximum absolute atomic E-state index is 2.47. The molecule has 0 aliphatic carbocycles. The van der Waals surface area contributed by atoms with E-state index < -0.39 is 0 Å². The van der Waals surface area contributed by atoms with Gasteiger partial charge >= 0.3 is 87.9 Å². The zero-order chi connectivity index (χ0) is 10.2. The van der Waals surface area contributed by atoms with Crippen LogP contribution in [0.2, 0.25) is 0 Å². The van der Waals surface area contributed by atoms with Crippen molar-refractivity contribution >= 4 is 14.5 Å². The summed E-state index contributed by atoms with van der Waals surface area (Å²) in [5, 5.41) is 0. The van der Waals surface area contributed by atoms with Crippen molar-refractivity contribution in [3.05, 3.63) is 20.5 Å². The first-order valence-electron chi connectivity index (χ1n) is 4.92. The second kappa shape index (κ2) is 3.63. The number of hydrogen-bond acceptors (Lipinski definition) is 0. The van der Waals surface area contributed by atoms with Crippen LogP contribution in [0, 0.1) is 6.92 Å². The number of aryl methyl sites for hydroxylation is 1. The van der Waals surface area contributed by atoms with Gasteiger partial charge in [0.2, 0.25) is 0 Å². The third-order valence-electron chi connectivity index (χ3n) is 2.38. The van der Waals surface area contributed by atoms with Crippen molar-refractivity contribution < 1.29 is 0 Å². The van der Waals surface area contributed by atoms with E-state index in [9.17, 15) is 0 Å². The summed E-state index contributed by atoms with van der Waals surface area (Å²) in [4.78, 5) is 2.47. The Bertz CT molecular complexity index is 287. The molecule has 13 heavy (non-hydrogen) atoms. The van der Waals surface area contributed by atoms with Gasteiger partial charge in [0.15, 0.2) is 0 Å². The molecule has 1 aromatic rings. The van der Waals surface area contributed by atoms with E-state index in [1.165, 1.54) is 0 Å². The van der Waals surface area contributed by atoms with Crippen LogP contribution in [0.15, 0.2) is 4.94 Å². The number of rotatable bonds is 1. The fourth-order valence-electron chi connectivity index (χ4n) is 1.86. The van der Waals surface area contributed by atoms with Crippen LogP contribution >= 0.6 is 0 Å². The van der Waals surface area contributed by atoms with Gasteiger partial charge in [-0.1, -0.05) is 0 Å². The Hall–Kier alpha value is -0.000519. The topological polar surface area (TPSA) is 0 Å². The third-order valence-corrected chi connectivity index (χ3v) is 4.33. The van der Waals surface area contributed by atoms with Gasteiger partial charge in [0, 0.05) is 0 Å². The molecule has 1 heterocycles. The normalized spacial score (nSPS) is 12.5. The van der Waals surface area contributed by atoms with Crippen LogP contribution < -0.4 is 0 Å². The predicted octanol–water partition coefficient (Wildman–Crippen LogP) is 3.47. The Kier molecular flexibility index (Phi) is 3.09. The van der Waals surface area contributed by atoms with Crippen molar-refractivity contribution in [1.29, 1.82) is 0 Å². The van der Waals surface area contributed by atoms with Gasteiger partial charge in [0.05, 0.1) is 0 Å². The zero-order valence-electron chi connectivity index (χ0n) is 9.56. The van der Waals surface area contributed by atoms with Crippen LogP contribution in [0.5, 0.6) is 0 Å². The fourth-order valence-corrected chi connectivity index (χ4v) is 4.45. The van der Waals surface area contributed by atoms with Crippen LogP contribution in [0.4, 0.5) is 0 Å². The Labute approximate surface area is 88.1 Å². The van der Waals surface area contributed by atoms with E-state index in [1.54, 1.807) is 15.6 Å². The molecule has 1 aromatic heterocycles. The molecule has 0 nitrogen and oxygen atoms in total. The van der Waals surface area contributed by atoms with E-state index in [0.717, 1.165) is 0 Å². The van der Waals surface area contributed by atoms with E-state index in [-0.39, 0.29) is 0 Å². The predicted molar refractivity (Wildman–Crippen MR) is 60.9 cm³/mol. The zero-order valence-corrected chi connectivity index (χ0v) is 11.3. The van der Waals surface area contributed by atoms with E-state index in [1.807, 2.05) is 0 Å². The van der Waals surface area contributed by atoms with Gasteiger partial charge in [-0.3, -0.25) is 0 Å². The summed E-state index contributed by atoms with van der Waals surface area (Å²) < 4.78 is 1.63. The molecule has 0 aliphatic rings. The molecule has 0 saturated carbocycles. The van der Waals surface area contributed by atoms with E-state index in [4.69, 9.17) is 0 Å². The average molecular weight is 243 g/mol. The van der Waals surface area contributed by atoms with Gasteiger partial charge in [-0.25, -0.2) is 0 Å². The molecule has 0 unspecified atom stereocenters.